The number of rotatable bonds is 7. The summed E-state index contributed by atoms with van der Waals surface area (Å²) in [4.78, 5) is 19.5. The molecule has 0 bridgehead atoms. The van der Waals surface area contributed by atoms with Gasteiger partial charge >= 0.3 is 0 Å². The Hall–Kier alpha value is -3.36. The number of carbonyl (C=O) groups is 1. The van der Waals surface area contributed by atoms with Crippen molar-refractivity contribution in [2.24, 2.45) is 11.7 Å². The lowest BCUT2D eigenvalue weighted by atomic mass is 9.87. The maximum atomic E-state index is 15.0. The summed E-state index contributed by atoms with van der Waals surface area (Å²) in [5.74, 6) is 0.853. The van der Waals surface area contributed by atoms with E-state index in [0.29, 0.717) is 22.7 Å². The van der Waals surface area contributed by atoms with Gasteiger partial charge in [0, 0.05) is 29.4 Å². The molecule has 1 heterocycles. The lowest BCUT2D eigenvalue weighted by Crippen LogP contribution is -2.26. The van der Waals surface area contributed by atoms with E-state index in [9.17, 15) is 9.18 Å². The summed E-state index contributed by atoms with van der Waals surface area (Å²) in [6.45, 7) is 5.75. The van der Waals surface area contributed by atoms with Gasteiger partial charge in [-0.15, -0.1) is 0 Å². The van der Waals surface area contributed by atoms with Gasteiger partial charge in [0.25, 0.3) is 0 Å². The smallest absolute Gasteiger partial charge is 0.223 e. The first-order chi connectivity index (χ1) is 19.2. The van der Waals surface area contributed by atoms with Crippen LogP contribution in [0.3, 0.4) is 0 Å². The fourth-order valence-electron chi connectivity index (χ4n) is 4.73. The molecule has 0 unspecified atom stereocenters. The van der Waals surface area contributed by atoms with Crippen LogP contribution in [-0.4, -0.2) is 21.9 Å². The summed E-state index contributed by atoms with van der Waals surface area (Å²) in [5, 5.41) is 5.13. The number of hydrogen-bond acceptors (Lipinski definition) is 6. The van der Waals surface area contributed by atoms with Crippen LogP contribution in [-0.2, 0) is 11.2 Å². The van der Waals surface area contributed by atoms with Gasteiger partial charge in [-0.3, -0.25) is 4.79 Å². The van der Waals surface area contributed by atoms with Crippen molar-refractivity contribution in [3.8, 4) is 11.1 Å². The molecule has 1 aliphatic carbocycles. The summed E-state index contributed by atoms with van der Waals surface area (Å²) < 4.78 is 18.1. The van der Waals surface area contributed by atoms with Crippen LogP contribution in [0.2, 0.25) is 5.02 Å². The van der Waals surface area contributed by atoms with E-state index in [1.165, 1.54) is 31.7 Å². The second-order valence-electron chi connectivity index (χ2n) is 10.2. The molecule has 4 N–H and O–H groups in total. The largest absolute Gasteiger partial charge is 0.370 e. The van der Waals surface area contributed by atoms with Gasteiger partial charge in [0.05, 0.1) is 16.2 Å². The normalized spacial score (nSPS) is 16.6. The molecule has 3 aromatic carbocycles. The van der Waals surface area contributed by atoms with Gasteiger partial charge in [0.15, 0.2) is 0 Å². The lowest BCUT2D eigenvalue weighted by Gasteiger charge is -2.26. The van der Waals surface area contributed by atoms with Crippen molar-refractivity contribution < 1.29 is 9.18 Å². The fraction of sp³-hybridized carbons (Fsp3) is 0.323. The van der Waals surface area contributed by atoms with Crippen molar-refractivity contribution in [1.82, 2.24) is 9.97 Å². The average Bonchev–Trinajstić information content (AvgIpc) is 2.93. The molecule has 40 heavy (non-hydrogen) atoms. The van der Waals surface area contributed by atoms with Crippen LogP contribution < -0.4 is 15.8 Å². The van der Waals surface area contributed by atoms with Crippen LogP contribution in [0.15, 0.2) is 65.7 Å². The number of benzene rings is 3. The Morgan fingerprint density at radius 1 is 1.10 bits per heavy atom. The molecule has 0 atom stereocenters. The Bertz CT molecular complexity index is 1470. The molecule has 210 valence electrons. The third kappa shape index (κ3) is 7.86. The highest BCUT2D eigenvalue weighted by Crippen LogP contribution is 2.33. The van der Waals surface area contributed by atoms with Crippen LogP contribution in [0.4, 0.5) is 16.0 Å². The second kappa shape index (κ2) is 13.8. The Balaban J connectivity index is 0.000000867. The van der Waals surface area contributed by atoms with Gasteiger partial charge in [-0.2, -0.15) is 0 Å². The SMILES string of the molecule is CC(N)=O.CCc1cc(-c2ccc(NSc3ccccc3Cl)c(F)c2)cc2cnc(NC3CCC(C)CC3)nc12. The molecule has 6 nitrogen and oxygen atoms in total. The lowest BCUT2D eigenvalue weighted by molar-refractivity contribution is -0.115. The molecule has 4 aromatic rings. The summed E-state index contributed by atoms with van der Waals surface area (Å²) in [7, 11) is 0. The minimum absolute atomic E-state index is 0.317. The van der Waals surface area contributed by atoms with Crippen molar-refractivity contribution in [1.29, 1.82) is 0 Å². The van der Waals surface area contributed by atoms with Gasteiger partial charge in [0.2, 0.25) is 11.9 Å². The minimum Gasteiger partial charge on any atom is -0.370 e. The van der Waals surface area contributed by atoms with Crippen LogP contribution in [0.1, 0.15) is 52.0 Å². The van der Waals surface area contributed by atoms with Gasteiger partial charge < -0.3 is 15.8 Å². The van der Waals surface area contributed by atoms with Crippen molar-refractivity contribution in [3.05, 3.63) is 77.2 Å². The van der Waals surface area contributed by atoms with E-state index in [2.05, 4.69) is 40.7 Å². The van der Waals surface area contributed by atoms with Gasteiger partial charge in [-0.25, -0.2) is 14.4 Å². The first-order valence-corrected chi connectivity index (χ1v) is 14.7. The predicted octanol–water partition coefficient (Wildman–Crippen LogP) is 8.25. The van der Waals surface area contributed by atoms with E-state index in [1.807, 2.05) is 42.6 Å². The van der Waals surface area contributed by atoms with E-state index in [1.54, 1.807) is 12.1 Å². The van der Waals surface area contributed by atoms with Crippen LogP contribution in [0.5, 0.6) is 0 Å². The number of carbonyl (C=O) groups excluding carboxylic acids is 1. The number of fused-ring (bicyclic) bond motifs is 1. The summed E-state index contributed by atoms with van der Waals surface area (Å²) >= 11 is 7.50. The third-order valence-corrected chi connectivity index (χ3v) is 8.24. The van der Waals surface area contributed by atoms with Crippen LogP contribution >= 0.6 is 23.5 Å². The maximum absolute atomic E-state index is 15.0. The minimum atomic E-state index is -0.333. The standard InChI is InChI=1S/C29H30ClFN4S.C2H5NO/c1-3-19-14-21(15-22-17-32-29(34-28(19)22)33-23-11-8-18(2)9-12-23)20-10-13-26(25(31)16-20)35-36-27-7-5-4-6-24(27)30;1-2(3)4/h4-7,10,13-18,23,35H,3,8-9,11-12H2,1-2H3,(H,32,33,34);1H3,(H2,3,4). The Labute approximate surface area is 244 Å². The third-order valence-electron chi connectivity index (χ3n) is 6.90. The molecule has 0 aliphatic heterocycles. The number of primary amides is 1. The fourth-order valence-corrected chi connectivity index (χ4v) is 5.68. The van der Waals surface area contributed by atoms with Crippen LogP contribution in [0.25, 0.3) is 22.0 Å². The summed E-state index contributed by atoms with van der Waals surface area (Å²) in [5.41, 5.74) is 8.74. The zero-order valence-corrected chi connectivity index (χ0v) is 24.6. The quantitative estimate of drug-likeness (QED) is 0.191. The molecule has 1 aromatic heterocycles. The number of nitrogens with two attached hydrogens (primary N) is 1. The number of halogens is 2. The number of nitrogens with one attached hydrogen (secondary N) is 2. The molecule has 5 rings (SSSR count). The molecule has 1 aliphatic rings. The monoisotopic (exact) mass is 579 g/mol. The zero-order valence-electron chi connectivity index (χ0n) is 23.0. The van der Waals surface area contributed by atoms with Crippen molar-refractivity contribution in [2.45, 2.75) is 63.8 Å². The molecule has 1 saturated carbocycles. The van der Waals surface area contributed by atoms with E-state index in [4.69, 9.17) is 16.6 Å². The molecule has 0 radical (unpaired) electrons. The Kier molecular flexibility index (Phi) is 10.2. The predicted molar refractivity (Wildman–Crippen MR) is 165 cm³/mol. The molecular formula is C31H35ClFN5OS. The molecule has 0 saturated heterocycles. The number of aryl methyl sites for hydroxylation is 1. The van der Waals surface area contributed by atoms with Crippen LogP contribution in [0, 0.1) is 11.7 Å². The molecular weight excluding hydrogens is 545 g/mol. The van der Waals surface area contributed by atoms with E-state index < -0.39 is 0 Å². The highest BCUT2D eigenvalue weighted by Gasteiger charge is 2.19. The van der Waals surface area contributed by atoms with Gasteiger partial charge in [-0.05, 0) is 103 Å². The highest BCUT2D eigenvalue weighted by atomic mass is 35.5. The number of nitrogens with zero attached hydrogens (tertiary/aromatic N) is 2. The summed E-state index contributed by atoms with van der Waals surface area (Å²) in [6.07, 6.45) is 7.53. The topological polar surface area (TPSA) is 92.9 Å². The van der Waals surface area contributed by atoms with E-state index >= 15 is 0 Å². The Morgan fingerprint density at radius 3 is 2.50 bits per heavy atom. The number of hydrogen-bond donors (Lipinski definition) is 3. The highest BCUT2D eigenvalue weighted by molar-refractivity contribution is 8.00. The maximum Gasteiger partial charge on any atom is 0.223 e. The second-order valence-corrected chi connectivity index (χ2v) is 11.4. The molecule has 1 amide bonds. The number of anilines is 2. The number of amides is 1. The summed E-state index contributed by atoms with van der Waals surface area (Å²) in [6, 6.07) is 17.3. The van der Waals surface area contributed by atoms with Crippen molar-refractivity contribution >= 4 is 52.0 Å². The van der Waals surface area contributed by atoms with Gasteiger partial charge in [-0.1, -0.05) is 43.6 Å². The van der Waals surface area contributed by atoms with E-state index in [0.717, 1.165) is 57.7 Å². The first kappa shape index (κ1) is 29.6. The molecule has 9 heteroatoms. The number of aromatic nitrogens is 2. The van der Waals surface area contributed by atoms with E-state index in [-0.39, 0.29) is 11.7 Å². The van der Waals surface area contributed by atoms with Crippen molar-refractivity contribution in [2.75, 3.05) is 10.0 Å². The average molecular weight is 580 g/mol. The Morgan fingerprint density at radius 2 is 1.82 bits per heavy atom. The molecule has 1 fully saturated rings. The van der Waals surface area contributed by atoms with Gasteiger partial charge in [0.1, 0.15) is 5.82 Å². The van der Waals surface area contributed by atoms with Crippen molar-refractivity contribution in [3.63, 3.8) is 0 Å². The molecule has 0 spiro atoms. The first-order valence-electron chi connectivity index (χ1n) is 13.5. The zero-order chi connectivity index (χ0) is 28.6.